The van der Waals surface area contributed by atoms with Crippen molar-refractivity contribution in [3.8, 4) is 0 Å². The summed E-state index contributed by atoms with van der Waals surface area (Å²) in [6.07, 6.45) is 38.2. The smallest absolute Gasteiger partial charge is 0.388 e. The van der Waals surface area contributed by atoms with E-state index in [0.717, 1.165) is 34.9 Å². The van der Waals surface area contributed by atoms with E-state index in [-0.39, 0.29) is 0 Å². The Hall–Kier alpha value is -8.63. The minimum atomic E-state index is 0.331. The fourth-order valence-corrected chi connectivity index (χ4v) is 13.3. The zero-order valence-corrected chi connectivity index (χ0v) is 78.9. The van der Waals surface area contributed by atoms with Gasteiger partial charge >= 0.3 is 11.4 Å². The lowest BCUT2D eigenvalue weighted by molar-refractivity contribution is -0.952. The minimum Gasteiger partial charge on any atom is -0.388 e. The summed E-state index contributed by atoms with van der Waals surface area (Å²) in [5, 5.41) is 0. The Morgan fingerprint density at radius 3 is 1.32 bits per heavy atom. The molecule has 0 N–H and O–H groups in total. The van der Waals surface area contributed by atoms with Crippen LogP contribution in [0.3, 0.4) is 0 Å². The van der Waals surface area contributed by atoms with Crippen LogP contribution in [0, 0.1) is 0 Å². The van der Waals surface area contributed by atoms with E-state index in [9.17, 15) is 0 Å². The van der Waals surface area contributed by atoms with Crippen molar-refractivity contribution in [2.24, 2.45) is 0 Å². The van der Waals surface area contributed by atoms with E-state index < -0.39 is 0 Å². The molecule has 0 bridgehead atoms. The summed E-state index contributed by atoms with van der Waals surface area (Å²) in [6.45, 7) is 81.7. The molecule has 0 aromatic carbocycles. The monoisotopic (exact) mass is 1580 g/mol. The Kier molecular flexibility index (Phi) is 40.8. The van der Waals surface area contributed by atoms with Gasteiger partial charge in [0.05, 0.1) is 61.7 Å². The fraction of sp³-hybridized carbons (Fsp3) is 0.566. The summed E-state index contributed by atoms with van der Waals surface area (Å²) < 4.78 is 31.5. The second-order valence-electron chi connectivity index (χ2n) is 36.2. The molecule has 0 atom stereocenters. The van der Waals surface area contributed by atoms with Crippen LogP contribution in [-0.4, -0.2) is 58.3 Å². The van der Waals surface area contributed by atoms with Crippen molar-refractivity contribution in [1.82, 2.24) is 28.7 Å². The molecule has 12 rings (SSSR count). The Morgan fingerprint density at radius 1 is 0.374 bits per heavy atom. The maximum atomic E-state index is 5.77. The number of hydrogen-bond acceptors (Lipinski definition) is 4. The molecule has 0 saturated carbocycles. The average molecular weight is 1580 g/mol. The number of pyridine rings is 6. The molecular weight excluding hydrogens is 1420 g/mol. The van der Waals surface area contributed by atoms with Gasteiger partial charge in [-0.15, -0.1) is 0 Å². The topological polar surface area (TPSA) is 97.6 Å². The van der Waals surface area contributed by atoms with Crippen molar-refractivity contribution < 1.29 is 45.4 Å². The van der Waals surface area contributed by atoms with E-state index in [1.165, 1.54) is 56.5 Å². The SMILES string of the molecule is CC(C)[N+]1(C(C)C)CC=CC1.CC(C)c1cc[n+](C(C)C)cc1.CC(C)c1ccc[n+](C(C)C)c1.CC(C)c1cccc[n+]1C(C)C.CC(C)c1cnc[n+](C(C)C)c1.CC(C)c1nc2ccc[n+](C(C)C)c2o1.CC(C)n1cc[n+](C(C)C)c1.CC(C)n1ccc2c1ccc[n+]2C(C)C.CC(C)n1cnc2c1ccc[n+]2C(C)C. The van der Waals surface area contributed by atoms with Gasteiger partial charge in [0, 0.05) is 89.8 Å². The summed E-state index contributed by atoms with van der Waals surface area (Å²) >= 11 is 0. The van der Waals surface area contributed by atoms with Crippen LogP contribution in [0.5, 0.6) is 0 Å². The molecule has 16 heteroatoms. The lowest BCUT2D eigenvalue weighted by atomic mass is 10.1. The van der Waals surface area contributed by atoms with E-state index in [0.29, 0.717) is 96.0 Å². The van der Waals surface area contributed by atoms with Crippen LogP contribution in [0.2, 0.25) is 0 Å². The molecule has 1 aliphatic heterocycles. The van der Waals surface area contributed by atoms with Crippen LogP contribution in [0.15, 0.2) is 201 Å². The lowest BCUT2D eigenvalue weighted by Gasteiger charge is -2.42. The zero-order valence-electron chi connectivity index (χ0n) is 78.9. The summed E-state index contributed by atoms with van der Waals surface area (Å²) in [5.41, 5.74) is 12.3. The van der Waals surface area contributed by atoms with Gasteiger partial charge in [-0.3, -0.25) is 0 Å². The number of hydrogen-bond donors (Lipinski definition) is 0. The third-order valence-corrected chi connectivity index (χ3v) is 21.2. The van der Waals surface area contributed by atoms with Crippen molar-refractivity contribution in [2.75, 3.05) is 13.1 Å². The molecule has 0 radical (unpaired) electrons. The molecular formula is C99H162N15O+9. The highest BCUT2D eigenvalue weighted by Gasteiger charge is 2.35. The molecule has 0 unspecified atom stereocenters. The molecule has 630 valence electrons. The molecule has 11 aromatic rings. The first-order valence-corrected chi connectivity index (χ1v) is 43.6. The molecule has 12 heterocycles. The highest BCUT2D eigenvalue weighted by atomic mass is 16.4. The Balaban J connectivity index is 0.000000273. The number of oxazole rings is 1. The summed E-state index contributed by atoms with van der Waals surface area (Å²) in [6, 6.07) is 37.0. The van der Waals surface area contributed by atoms with Gasteiger partial charge in [-0.2, -0.15) is 9.13 Å². The third kappa shape index (κ3) is 29.8. The van der Waals surface area contributed by atoms with Gasteiger partial charge in [0.25, 0.3) is 6.33 Å². The summed E-state index contributed by atoms with van der Waals surface area (Å²) in [7, 11) is 0. The predicted octanol–water partition coefficient (Wildman–Crippen LogP) is 22.6. The van der Waals surface area contributed by atoms with Crippen LogP contribution in [0.1, 0.15) is 374 Å². The van der Waals surface area contributed by atoms with Gasteiger partial charge in [-0.05, 0) is 251 Å². The first kappa shape index (κ1) is 98.7. The highest BCUT2D eigenvalue weighted by molar-refractivity contribution is 5.72. The normalized spacial score (nSPS) is 12.5. The number of aromatic nitrogens is 14. The van der Waals surface area contributed by atoms with Crippen molar-refractivity contribution >= 4 is 33.4 Å². The molecule has 0 saturated heterocycles. The zero-order chi connectivity index (χ0) is 86.5. The molecule has 0 spiro atoms. The van der Waals surface area contributed by atoms with Gasteiger partial charge < -0.3 is 18.0 Å². The quantitative estimate of drug-likeness (QED) is 0.0485. The van der Waals surface area contributed by atoms with Crippen LogP contribution in [-0.2, 0) is 0 Å². The van der Waals surface area contributed by atoms with Crippen LogP contribution < -0.4 is 36.5 Å². The molecule has 115 heavy (non-hydrogen) atoms. The van der Waals surface area contributed by atoms with Gasteiger partial charge in [0.1, 0.15) is 29.6 Å². The van der Waals surface area contributed by atoms with E-state index >= 15 is 0 Å². The highest BCUT2D eigenvalue weighted by Crippen LogP contribution is 2.25. The molecule has 11 aromatic heterocycles. The lowest BCUT2D eigenvalue weighted by Crippen LogP contribution is -2.55. The van der Waals surface area contributed by atoms with Crippen molar-refractivity contribution in [2.45, 2.75) is 357 Å². The van der Waals surface area contributed by atoms with E-state index in [4.69, 9.17) is 4.42 Å². The summed E-state index contributed by atoms with van der Waals surface area (Å²) in [4.78, 5) is 13.1. The largest absolute Gasteiger partial charge is 0.401 e. The molecule has 0 fully saturated rings. The van der Waals surface area contributed by atoms with Crippen molar-refractivity contribution in [3.05, 3.63) is 225 Å². The van der Waals surface area contributed by atoms with E-state index in [1.807, 2.05) is 37.2 Å². The Morgan fingerprint density at radius 2 is 0.870 bits per heavy atom. The number of fused-ring (bicyclic) bond motifs is 3. The van der Waals surface area contributed by atoms with Gasteiger partial charge in [0.2, 0.25) is 24.1 Å². The second-order valence-corrected chi connectivity index (χ2v) is 36.2. The number of quaternary nitrogens is 1. The standard InChI is InChI=1S/C13H19N2.C12H18N3.C12H17N2O.3C11H18N.C10H17N2.C10H20N.C9H17N2/c1-10(2)14-8-5-6-12-13(14)7-9-15(12)11(3)4;1-9(2)14-7-5-6-11-12(14)13-8-15(11)10(3)4;1-8(2)11-13-10-6-5-7-14(9(3)4)12(10)15-11;1-9(2)11-5-7-12(8-6-11)10(3)4;1-9(2)11-6-5-7-12(8-11)10(3)4;1-9(2)11-7-5-6-8-12(11)10(3)4;1-8(2)10-5-11-7-12(6-10)9(3)4;1-9(2)11(10(3)4)7-5-6-8-11;1-8(2)10-5-6-11(7-10)9(3)4/h5-11H,1-4H3;5-10H,1-4H3;5-9H,1-4H3;3*5-10H,1-4H3;5-9H,1-4H3;5-6,9-10H,7-8H2,1-4H3;5-9H,1-4H3/q9*+1. The average Bonchev–Trinajstić information content (AvgIpc) is 1.66. The van der Waals surface area contributed by atoms with E-state index in [2.05, 4.69) is 474 Å². The first-order chi connectivity index (χ1) is 54.0. The van der Waals surface area contributed by atoms with Crippen LogP contribution in [0.4, 0.5) is 0 Å². The van der Waals surface area contributed by atoms with Crippen LogP contribution in [0.25, 0.3) is 33.4 Å². The maximum absolute atomic E-state index is 5.77. The fourth-order valence-electron chi connectivity index (χ4n) is 13.3. The first-order valence-electron chi connectivity index (χ1n) is 43.6. The number of rotatable bonds is 18. The Labute approximate surface area is 699 Å². The van der Waals surface area contributed by atoms with Gasteiger partial charge in [-0.1, -0.05) is 80.3 Å². The molecule has 1 aliphatic rings. The third-order valence-electron chi connectivity index (χ3n) is 21.2. The number of imidazole rings is 2. The van der Waals surface area contributed by atoms with Gasteiger partial charge in [-0.25, -0.2) is 37.0 Å². The minimum absolute atomic E-state index is 0.331. The van der Waals surface area contributed by atoms with E-state index in [1.54, 1.807) is 0 Å². The molecule has 0 aliphatic carbocycles. The van der Waals surface area contributed by atoms with Gasteiger partial charge in [0.15, 0.2) is 84.8 Å². The molecule has 0 amide bonds. The predicted molar refractivity (Wildman–Crippen MR) is 479 cm³/mol. The second kappa shape index (κ2) is 47.5. The van der Waals surface area contributed by atoms with Crippen molar-refractivity contribution in [3.63, 3.8) is 0 Å². The van der Waals surface area contributed by atoms with Crippen molar-refractivity contribution in [1.29, 1.82) is 0 Å². The Bertz CT molecular complexity index is 4270. The molecule has 16 nitrogen and oxygen atoms in total. The maximum Gasteiger partial charge on any atom is 0.401 e. The summed E-state index contributed by atoms with van der Waals surface area (Å²) in [5.74, 6) is 3.56. The number of nitrogens with zero attached hydrogens (tertiary/aromatic N) is 15. The van der Waals surface area contributed by atoms with Crippen LogP contribution >= 0.6 is 0 Å².